The SMILES string of the molecule is O=C(/C=C/c1ccc(Cl)cc1)Nc1ccc(NC(=O)CCc2ccccc2)cc1. The smallest absolute Gasteiger partial charge is 0.248 e. The second-order valence-corrected chi connectivity index (χ2v) is 6.92. The molecule has 2 N–H and O–H groups in total. The molecule has 0 radical (unpaired) electrons. The van der Waals surface area contributed by atoms with Crippen LogP contribution >= 0.6 is 11.6 Å². The Morgan fingerprint density at radius 2 is 1.41 bits per heavy atom. The first-order chi connectivity index (χ1) is 14.1. The first-order valence-corrected chi connectivity index (χ1v) is 9.65. The number of carbonyl (C=O) groups excluding carboxylic acids is 2. The predicted octanol–water partition coefficient (Wildman–Crippen LogP) is 5.56. The molecule has 3 aromatic carbocycles. The maximum Gasteiger partial charge on any atom is 0.248 e. The highest BCUT2D eigenvalue weighted by Crippen LogP contribution is 2.15. The van der Waals surface area contributed by atoms with Gasteiger partial charge in [0.05, 0.1) is 0 Å². The zero-order chi connectivity index (χ0) is 20.5. The van der Waals surface area contributed by atoms with Gasteiger partial charge in [-0.1, -0.05) is 54.1 Å². The normalized spacial score (nSPS) is 10.7. The van der Waals surface area contributed by atoms with Crippen LogP contribution in [0.5, 0.6) is 0 Å². The van der Waals surface area contributed by atoms with Crippen LogP contribution < -0.4 is 10.6 Å². The van der Waals surface area contributed by atoms with Crippen molar-refractivity contribution in [3.8, 4) is 0 Å². The molecular formula is C24H21ClN2O2. The van der Waals surface area contributed by atoms with Gasteiger partial charge in [-0.05, 0) is 60.0 Å². The molecule has 0 aromatic heterocycles. The van der Waals surface area contributed by atoms with Gasteiger partial charge in [-0.3, -0.25) is 9.59 Å². The molecule has 0 fully saturated rings. The monoisotopic (exact) mass is 404 g/mol. The van der Waals surface area contributed by atoms with Crippen LogP contribution in [-0.2, 0) is 16.0 Å². The Labute approximate surface area is 175 Å². The molecular weight excluding hydrogens is 384 g/mol. The molecule has 146 valence electrons. The van der Waals surface area contributed by atoms with Crippen LogP contribution in [0.25, 0.3) is 6.08 Å². The molecule has 0 aliphatic rings. The minimum absolute atomic E-state index is 0.0449. The van der Waals surface area contributed by atoms with E-state index in [9.17, 15) is 9.59 Å². The minimum Gasteiger partial charge on any atom is -0.326 e. The highest BCUT2D eigenvalue weighted by Gasteiger charge is 2.04. The lowest BCUT2D eigenvalue weighted by Gasteiger charge is -2.07. The fourth-order valence-corrected chi connectivity index (χ4v) is 2.82. The molecule has 0 spiro atoms. The Morgan fingerprint density at radius 3 is 2.07 bits per heavy atom. The predicted molar refractivity (Wildman–Crippen MR) is 119 cm³/mol. The van der Waals surface area contributed by atoms with E-state index < -0.39 is 0 Å². The van der Waals surface area contributed by atoms with Gasteiger partial charge in [0, 0.05) is 28.9 Å². The summed E-state index contributed by atoms with van der Waals surface area (Å²) in [7, 11) is 0. The zero-order valence-corrected chi connectivity index (χ0v) is 16.5. The van der Waals surface area contributed by atoms with Gasteiger partial charge in [0.2, 0.25) is 11.8 Å². The van der Waals surface area contributed by atoms with E-state index in [-0.39, 0.29) is 11.8 Å². The van der Waals surface area contributed by atoms with Crippen molar-refractivity contribution in [2.24, 2.45) is 0 Å². The van der Waals surface area contributed by atoms with Crippen LogP contribution in [0.1, 0.15) is 17.5 Å². The van der Waals surface area contributed by atoms with Crippen molar-refractivity contribution in [1.29, 1.82) is 0 Å². The third-order valence-corrected chi connectivity index (χ3v) is 4.47. The molecule has 0 atom stereocenters. The van der Waals surface area contributed by atoms with Gasteiger partial charge in [0.1, 0.15) is 0 Å². The second kappa shape index (κ2) is 10.2. The summed E-state index contributed by atoms with van der Waals surface area (Å²) in [5, 5.41) is 6.31. The maximum atomic E-state index is 12.1. The molecule has 0 aliphatic carbocycles. The first kappa shape index (κ1) is 20.4. The first-order valence-electron chi connectivity index (χ1n) is 9.27. The number of nitrogens with one attached hydrogen (secondary N) is 2. The van der Waals surface area contributed by atoms with Crippen LogP contribution in [-0.4, -0.2) is 11.8 Å². The van der Waals surface area contributed by atoms with Gasteiger partial charge < -0.3 is 10.6 Å². The Kier molecular flexibility index (Phi) is 7.20. The zero-order valence-electron chi connectivity index (χ0n) is 15.8. The van der Waals surface area contributed by atoms with Gasteiger partial charge >= 0.3 is 0 Å². The van der Waals surface area contributed by atoms with E-state index >= 15 is 0 Å². The summed E-state index contributed by atoms with van der Waals surface area (Å²) in [4.78, 5) is 24.1. The maximum absolute atomic E-state index is 12.1. The molecule has 29 heavy (non-hydrogen) atoms. The number of aryl methyl sites for hydroxylation is 1. The van der Waals surface area contributed by atoms with E-state index in [1.54, 1.807) is 42.5 Å². The summed E-state index contributed by atoms with van der Waals surface area (Å²) in [5.74, 6) is -0.281. The summed E-state index contributed by atoms with van der Waals surface area (Å²) in [6, 6.07) is 24.1. The summed E-state index contributed by atoms with van der Waals surface area (Å²) in [6.07, 6.45) is 4.29. The molecule has 0 bridgehead atoms. The molecule has 0 unspecified atom stereocenters. The average Bonchev–Trinajstić information content (AvgIpc) is 2.74. The topological polar surface area (TPSA) is 58.2 Å². The Balaban J connectivity index is 1.47. The summed E-state index contributed by atoms with van der Waals surface area (Å²) in [5.41, 5.74) is 3.36. The highest BCUT2D eigenvalue weighted by molar-refractivity contribution is 6.30. The van der Waals surface area contributed by atoms with E-state index in [1.165, 1.54) is 6.08 Å². The van der Waals surface area contributed by atoms with Crippen LogP contribution in [0.2, 0.25) is 5.02 Å². The number of halogens is 1. The average molecular weight is 405 g/mol. The lowest BCUT2D eigenvalue weighted by Crippen LogP contribution is -2.12. The molecule has 0 saturated heterocycles. The molecule has 4 nitrogen and oxygen atoms in total. The van der Waals surface area contributed by atoms with E-state index in [2.05, 4.69) is 10.6 Å². The van der Waals surface area contributed by atoms with E-state index in [0.29, 0.717) is 29.2 Å². The van der Waals surface area contributed by atoms with Crippen molar-refractivity contribution in [3.05, 3.63) is 101 Å². The molecule has 2 amide bonds. The number of benzene rings is 3. The van der Waals surface area contributed by atoms with Gasteiger partial charge in [-0.15, -0.1) is 0 Å². The Bertz CT molecular complexity index is 982. The van der Waals surface area contributed by atoms with Crippen LogP contribution in [0.4, 0.5) is 11.4 Å². The lowest BCUT2D eigenvalue weighted by molar-refractivity contribution is -0.116. The van der Waals surface area contributed by atoms with Crippen LogP contribution in [0, 0.1) is 0 Å². The Morgan fingerprint density at radius 1 is 0.793 bits per heavy atom. The van der Waals surface area contributed by atoms with Crippen molar-refractivity contribution < 1.29 is 9.59 Å². The lowest BCUT2D eigenvalue weighted by atomic mass is 10.1. The summed E-state index contributed by atoms with van der Waals surface area (Å²) >= 11 is 5.84. The number of anilines is 2. The van der Waals surface area contributed by atoms with Gasteiger partial charge in [-0.2, -0.15) is 0 Å². The molecule has 3 aromatic rings. The third-order valence-electron chi connectivity index (χ3n) is 4.22. The van der Waals surface area contributed by atoms with Gasteiger partial charge in [0.15, 0.2) is 0 Å². The number of rotatable bonds is 7. The number of carbonyl (C=O) groups is 2. The number of hydrogen-bond donors (Lipinski definition) is 2. The highest BCUT2D eigenvalue weighted by atomic mass is 35.5. The van der Waals surface area contributed by atoms with Gasteiger partial charge in [0.25, 0.3) is 0 Å². The van der Waals surface area contributed by atoms with Crippen molar-refractivity contribution in [2.45, 2.75) is 12.8 Å². The van der Waals surface area contributed by atoms with Crippen molar-refractivity contribution >= 4 is 40.9 Å². The molecule has 5 heteroatoms. The Hall–Kier alpha value is -3.37. The standard InChI is InChI=1S/C24H21ClN2O2/c25-20-10-6-19(7-11-20)9-17-24(29)27-22-14-12-21(13-15-22)26-23(28)16-8-18-4-2-1-3-5-18/h1-7,9-15,17H,8,16H2,(H,26,28)(H,27,29)/b17-9+. The van der Waals surface area contributed by atoms with Crippen molar-refractivity contribution in [2.75, 3.05) is 10.6 Å². The van der Waals surface area contributed by atoms with Gasteiger partial charge in [-0.25, -0.2) is 0 Å². The largest absolute Gasteiger partial charge is 0.326 e. The number of amides is 2. The third kappa shape index (κ3) is 6.94. The van der Waals surface area contributed by atoms with E-state index in [0.717, 1.165) is 11.1 Å². The van der Waals surface area contributed by atoms with Crippen molar-refractivity contribution in [1.82, 2.24) is 0 Å². The summed E-state index contributed by atoms with van der Waals surface area (Å²) < 4.78 is 0. The molecule has 0 saturated carbocycles. The van der Waals surface area contributed by atoms with E-state index in [4.69, 9.17) is 11.6 Å². The minimum atomic E-state index is -0.236. The van der Waals surface area contributed by atoms with Crippen LogP contribution in [0.3, 0.4) is 0 Å². The molecule has 3 rings (SSSR count). The quantitative estimate of drug-likeness (QED) is 0.506. The van der Waals surface area contributed by atoms with Crippen LogP contribution in [0.15, 0.2) is 84.9 Å². The second-order valence-electron chi connectivity index (χ2n) is 6.49. The summed E-state index contributed by atoms with van der Waals surface area (Å²) in [6.45, 7) is 0. The molecule has 0 heterocycles. The van der Waals surface area contributed by atoms with Crippen molar-refractivity contribution in [3.63, 3.8) is 0 Å². The molecule has 0 aliphatic heterocycles. The number of hydrogen-bond acceptors (Lipinski definition) is 2. The fraction of sp³-hybridized carbons (Fsp3) is 0.0833. The fourth-order valence-electron chi connectivity index (χ4n) is 2.69. The van der Waals surface area contributed by atoms with E-state index in [1.807, 2.05) is 42.5 Å².